The van der Waals surface area contributed by atoms with Crippen LogP contribution < -0.4 is 5.32 Å². The molecule has 0 bridgehead atoms. The molecule has 1 aliphatic heterocycles. The van der Waals surface area contributed by atoms with Crippen LogP contribution in [0.2, 0.25) is 0 Å². The van der Waals surface area contributed by atoms with E-state index in [1.165, 1.54) is 0 Å². The number of hydrogen-bond donors (Lipinski definition) is 2. The highest BCUT2D eigenvalue weighted by Gasteiger charge is 2.29. The van der Waals surface area contributed by atoms with Crippen LogP contribution in [0.15, 0.2) is 18.2 Å². The molecule has 1 saturated heterocycles. The van der Waals surface area contributed by atoms with Gasteiger partial charge in [0.25, 0.3) is 5.91 Å². The fourth-order valence-electron chi connectivity index (χ4n) is 2.31. The number of carbonyl (C=O) groups excluding carboxylic acids is 2. The second-order valence-corrected chi connectivity index (χ2v) is 6.04. The SMILES string of the molecule is Cc1cc(C(=O)N2CC(O)C2)ccc1NC(=O)CC(C)C. The zero-order chi connectivity index (χ0) is 15.6. The molecule has 0 atom stereocenters. The number of β-amino-alcohol motifs (C(OH)–C–C–N with tert-alkyl or cyclic N) is 1. The van der Waals surface area contributed by atoms with Gasteiger partial charge < -0.3 is 15.3 Å². The van der Waals surface area contributed by atoms with Crippen LogP contribution in [0.25, 0.3) is 0 Å². The van der Waals surface area contributed by atoms with Crippen molar-refractivity contribution in [3.8, 4) is 0 Å². The van der Waals surface area contributed by atoms with E-state index in [9.17, 15) is 14.7 Å². The second-order valence-electron chi connectivity index (χ2n) is 6.04. The Balaban J connectivity index is 2.03. The fourth-order valence-corrected chi connectivity index (χ4v) is 2.31. The molecule has 0 saturated carbocycles. The Morgan fingerprint density at radius 2 is 2.05 bits per heavy atom. The molecule has 0 radical (unpaired) electrons. The van der Waals surface area contributed by atoms with Crippen LogP contribution in [0.5, 0.6) is 0 Å². The summed E-state index contributed by atoms with van der Waals surface area (Å²) >= 11 is 0. The molecule has 1 aromatic rings. The Morgan fingerprint density at radius 3 is 2.57 bits per heavy atom. The number of nitrogens with zero attached hydrogens (tertiary/aromatic N) is 1. The van der Waals surface area contributed by atoms with Crippen molar-refractivity contribution in [2.24, 2.45) is 5.92 Å². The molecule has 0 unspecified atom stereocenters. The molecule has 1 aromatic carbocycles. The highest BCUT2D eigenvalue weighted by Crippen LogP contribution is 2.20. The van der Waals surface area contributed by atoms with Crippen LogP contribution in [0.4, 0.5) is 5.69 Å². The van der Waals surface area contributed by atoms with Crippen molar-refractivity contribution in [1.29, 1.82) is 0 Å². The molecule has 1 aliphatic rings. The Bertz CT molecular complexity index is 548. The average Bonchev–Trinajstić information content (AvgIpc) is 2.35. The molecule has 114 valence electrons. The summed E-state index contributed by atoms with van der Waals surface area (Å²) in [6, 6.07) is 5.25. The van der Waals surface area contributed by atoms with Crippen LogP contribution in [0.1, 0.15) is 36.2 Å². The first-order chi connectivity index (χ1) is 9.86. The summed E-state index contributed by atoms with van der Waals surface area (Å²) in [7, 11) is 0. The number of aliphatic hydroxyl groups excluding tert-OH is 1. The number of likely N-dealkylation sites (tertiary alicyclic amines) is 1. The Labute approximate surface area is 125 Å². The third kappa shape index (κ3) is 3.82. The Hall–Kier alpha value is -1.88. The minimum atomic E-state index is -0.398. The topological polar surface area (TPSA) is 69.6 Å². The maximum Gasteiger partial charge on any atom is 0.254 e. The number of amides is 2. The Morgan fingerprint density at radius 1 is 1.38 bits per heavy atom. The molecule has 0 aliphatic carbocycles. The zero-order valence-electron chi connectivity index (χ0n) is 12.7. The highest BCUT2D eigenvalue weighted by atomic mass is 16.3. The summed E-state index contributed by atoms with van der Waals surface area (Å²) in [5.41, 5.74) is 2.18. The average molecular weight is 290 g/mol. The number of anilines is 1. The van der Waals surface area contributed by atoms with Crippen molar-refractivity contribution in [3.63, 3.8) is 0 Å². The van der Waals surface area contributed by atoms with Gasteiger partial charge in [-0.2, -0.15) is 0 Å². The molecular weight excluding hydrogens is 268 g/mol. The van der Waals surface area contributed by atoms with Crippen molar-refractivity contribution in [3.05, 3.63) is 29.3 Å². The number of benzene rings is 1. The number of nitrogens with one attached hydrogen (secondary N) is 1. The minimum Gasteiger partial charge on any atom is -0.389 e. The van der Waals surface area contributed by atoms with Crippen LogP contribution in [-0.2, 0) is 4.79 Å². The first kappa shape index (κ1) is 15.5. The van der Waals surface area contributed by atoms with Gasteiger partial charge in [0.2, 0.25) is 5.91 Å². The van der Waals surface area contributed by atoms with Gasteiger partial charge in [0.1, 0.15) is 0 Å². The maximum absolute atomic E-state index is 12.1. The lowest BCUT2D eigenvalue weighted by atomic mass is 10.1. The molecule has 0 aromatic heterocycles. The van der Waals surface area contributed by atoms with Crippen LogP contribution in [0, 0.1) is 12.8 Å². The summed E-state index contributed by atoms with van der Waals surface area (Å²) < 4.78 is 0. The molecule has 2 rings (SSSR count). The summed E-state index contributed by atoms with van der Waals surface area (Å²) in [5, 5.41) is 12.1. The minimum absolute atomic E-state index is 0.0157. The van der Waals surface area contributed by atoms with Crippen molar-refractivity contribution >= 4 is 17.5 Å². The summed E-state index contributed by atoms with van der Waals surface area (Å²) in [4.78, 5) is 25.5. The molecule has 1 heterocycles. The van der Waals surface area contributed by atoms with E-state index in [1.54, 1.807) is 23.1 Å². The van der Waals surface area contributed by atoms with Crippen molar-refractivity contribution in [2.75, 3.05) is 18.4 Å². The number of aryl methyl sites for hydroxylation is 1. The van der Waals surface area contributed by atoms with E-state index in [2.05, 4.69) is 5.32 Å². The zero-order valence-corrected chi connectivity index (χ0v) is 12.7. The number of rotatable bonds is 4. The van der Waals surface area contributed by atoms with Gasteiger partial charge in [-0.15, -0.1) is 0 Å². The third-order valence-corrected chi connectivity index (χ3v) is 3.49. The summed E-state index contributed by atoms with van der Waals surface area (Å²) in [6.45, 7) is 6.65. The van der Waals surface area contributed by atoms with Gasteiger partial charge in [-0.05, 0) is 36.6 Å². The monoisotopic (exact) mass is 290 g/mol. The van der Waals surface area contributed by atoms with E-state index < -0.39 is 6.10 Å². The van der Waals surface area contributed by atoms with Crippen molar-refractivity contribution < 1.29 is 14.7 Å². The molecule has 5 nitrogen and oxygen atoms in total. The molecule has 2 amide bonds. The van der Waals surface area contributed by atoms with E-state index in [4.69, 9.17) is 0 Å². The lowest BCUT2D eigenvalue weighted by Gasteiger charge is -2.36. The highest BCUT2D eigenvalue weighted by molar-refractivity contribution is 5.97. The first-order valence-corrected chi connectivity index (χ1v) is 7.24. The fraction of sp³-hybridized carbons (Fsp3) is 0.500. The Kier molecular flexibility index (Phi) is 4.63. The predicted octanol–water partition coefficient (Wildman–Crippen LogP) is 1.80. The van der Waals surface area contributed by atoms with Gasteiger partial charge >= 0.3 is 0 Å². The van der Waals surface area contributed by atoms with Crippen LogP contribution in [0.3, 0.4) is 0 Å². The molecule has 2 N–H and O–H groups in total. The second kappa shape index (κ2) is 6.26. The van der Waals surface area contributed by atoms with Crippen LogP contribution >= 0.6 is 0 Å². The lowest BCUT2D eigenvalue weighted by molar-refractivity contribution is -0.116. The van der Waals surface area contributed by atoms with Crippen molar-refractivity contribution in [2.45, 2.75) is 33.3 Å². The van der Waals surface area contributed by atoms with Crippen LogP contribution in [-0.4, -0.2) is 41.0 Å². The van der Waals surface area contributed by atoms with Gasteiger partial charge in [-0.3, -0.25) is 9.59 Å². The molecule has 5 heteroatoms. The standard InChI is InChI=1S/C16H22N2O3/c1-10(2)6-15(20)17-14-5-4-12(7-11(14)3)16(21)18-8-13(19)9-18/h4-5,7,10,13,19H,6,8-9H2,1-3H3,(H,17,20). The molecule has 0 spiro atoms. The lowest BCUT2D eigenvalue weighted by Crippen LogP contribution is -2.53. The quantitative estimate of drug-likeness (QED) is 0.888. The predicted molar refractivity (Wildman–Crippen MR) is 81.2 cm³/mol. The van der Waals surface area contributed by atoms with E-state index in [-0.39, 0.29) is 11.8 Å². The summed E-state index contributed by atoms with van der Waals surface area (Å²) in [5.74, 6) is 0.213. The number of carbonyl (C=O) groups is 2. The van der Waals surface area contributed by atoms with Gasteiger partial charge in [0.15, 0.2) is 0 Å². The van der Waals surface area contributed by atoms with E-state index in [0.29, 0.717) is 31.0 Å². The van der Waals surface area contributed by atoms with E-state index >= 15 is 0 Å². The van der Waals surface area contributed by atoms with Gasteiger partial charge in [0.05, 0.1) is 6.10 Å². The largest absolute Gasteiger partial charge is 0.389 e. The van der Waals surface area contributed by atoms with Crippen molar-refractivity contribution in [1.82, 2.24) is 4.90 Å². The first-order valence-electron chi connectivity index (χ1n) is 7.24. The number of aliphatic hydroxyl groups is 1. The molecule has 1 fully saturated rings. The maximum atomic E-state index is 12.1. The van der Waals surface area contributed by atoms with Gasteiger partial charge in [0, 0.05) is 30.8 Å². The molecular formula is C16H22N2O3. The van der Waals surface area contributed by atoms with Gasteiger partial charge in [-0.25, -0.2) is 0 Å². The smallest absolute Gasteiger partial charge is 0.254 e. The van der Waals surface area contributed by atoms with E-state index in [1.807, 2.05) is 20.8 Å². The normalized spacial score (nSPS) is 15.0. The summed E-state index contributed by atoms with van der Waals surface area (Å²) in [6.07, 6.45) is 0.0795. The third-order valence-electron chi connectivity index (χ3n) is 3.49. The van der Waals surface area contributed by atoms with E-state index in [0.717, 1.165) is 11.3 Å². The number of hydrogen-bond acceptors (Lipinski definition) is 3. The molecule has 21 heavy (non-hydrogen) atoms. The van der Waals surface area contributed by atoms with Gasteiger partial charge in [-0.1, -0.05) is 13.8 Å².